The molecule has 3 heteroatoms. The summed E-state index contributed by atoms with van der Waals surface area (Å²) in [6, 6.07) is 19.3. The number of benzene rings is 2. The van der Waals surface area contributed by atoms with E-state index in [9.17, 15) is 4.79 Å². The number of hydrogen-bond donors (Lipinski definition) is 2. The molecule has 22 heavy (non-hydrogen) atoms. The van der Waals surface area contributed by atoms with Gasteiger partial charge in [0, 0.05) is 11.4 Å². The summed E-state index contributed by atoms with van der Waals surface area (Å²) in [5.74, 6) is 0.0196. The van der Waals surface area contributed by atoms with E-state index in [0.29, 0.717) is 0 Å². The van der Waals surface area contributed by atoms with Crippen LogP contribution in [0.1, 0.15) is 32.6 Å². The van der Waals surface area contributed by atoms with E-state index >= 15 is 0 Å². The normalized spacial score (nSPS) is 11.7. The summed E-state index contributed by atoms with van der Waals surface area (Å²) in [5, 5.41) is 6.33. The fourth-order valence-electron chi connectivity index (χ4n) is 2.35. The molecule has 2 rings (SSSR count). The third-order valence-corrected chi connectivity index (χ3v) is 3.57. The largest absolute Gasteiger partial charge is 0.374 e. The van der Waals surface area contributed by atoms with E-state index < -0.39 is 0 Å². The van der Waals surface area contributed by atoms with Crippen molar-refractivity contribution in [1.82, 2.24) is 0 Å². The predicted molar refractivity (Wildman–Crippen MR) is 93.1 cm³/mol. The molecule has 0 aliphatic heterocycles. The highest BCUT2D eigenvalue weighted by molar-refractivity contribution is 5.96. The van der Waals surface area contributed by atoms with Crippen LogP contribution in [-0.2, 0) is 4.79 Å². The number of amides is 1. The first-order chi connectivity index (χ1) is 10.8. The van der Waals surface area contributed by atoms with Crippen LogP contribution < -0.4 is 10.6 Å². The average molecular weight is 296 g/mol. The molecule has 116 valence electrons. The molecule has 0 fully saturated rings. The average Bonchev–Trinajstić information content (AvgIpc) is 2.56. The van der Waals surface area contributed by atoms with Crippen LogP contribution in [0.4, 0.5) is 11.4 Å². The fraction of sp³-hybridized carbons (Fsp3) is 0.316. The van der Waals surface area contributed by atoms with Gasteiger partial charge in [-0.05, 0) is 30.7 Å². The second kappa shape index (κ2) is 8.88. The van der Waals surface area contributed by atoms with Gasteiger partial charge >= 0.3 is 0 Å². The zero-order chi connectivity index (χ0) is 15.6. The quantitative estimate of drug-likeness (QED) is 0.694. The molecular formula is C19H24N2O. The van der Waals surface area contributed by atoms with Gasteiger partial charge in [-0.25, -0.2) is 0 Å². The summed E-state index contributed by atoms with van der Waals surface area (Å²) < 4.78 is 0. The number of rotatable bonds is 8. The van der Waals surface area contributed by atoms with E-state index in [2.05, 4.69) is 17.6 Å². The Hall–Kier alpha value is -2.29. The van der Waals surface area contributed by atoms with Gasteiger partial charge in [-0.15, -0.1) is 0 Å². The molecule has 0 aliphatic rings. The van der Waals surface area contributed by atoms with E-state index in [0.717, 1.165) is 37.1 Å². The Morgan fingerprint density at radius 2 is 1.50 bits per heavy atom. The molecule has 0 heterocycles. The lowest BCUT2D eigenvalue weighted by atomic mass is 10.1. The van der Waals surface area contributed by atoms with Crippen LogP contribution in [0.25, 0.3) is 0 Å². The van der Waals surface area contributed by atoms with Crippen molar-refractivity contribution in [3.8, 4) is 0 Å². The SMILES string of the molecule is CCCCCC(Nc1ccccc1)C(=O)Nc1ccccc1. The Kier molecular flexibility index (Phi) is 6.49. The Morgan fingerprint density at radius 1 is 0.909 bits per heavy atom. The second-order valence-electron chi connectivity index (χ2n) is 5.41. The van der Waals surface area contributed by atoms with Crippen molar-refractivity contribution in [3.63, 3.8) is 0 Å². The topological polar surface area (TPSA) is 41.1 Å². The monoisotopic (exact) mass is 296 g/mol. The van der Waals surface area contributed by atoms with Crippen molar-refractivity contribution < 1.29 is 4.79 Å². The molecule has 1 atom stereocenters. The van der Waals surface area contributed by atoms with Crippen molar-refractivity contribution in [2.24, 2.45) is 0 Å². The van der Waals surface area contributed by atoms with E-state index in [1.807, 2.05) is 60.7 Å². The highest BCUT2D eigenvalue weighted by atomic mass is 16.2. The van der Waals surface area contributed by atoms with Crippen LogP contribution in [0.3, 0.4) is 0 Å². The summed E-state index contributed by atoms with van der Waals surface area (Å²) in [4.78, 5) is 12.5. The van der Waals surface area contributed by atoms with Crippen molar-refractivity contribution in [2.75, 3.05) is 10.6 Å². The minimum Gasteiger partial charge on any atom is -0.374 e. The number of unbranched alkanes of at least 4 members (excludes halogenated alkanes) is 2. The van der Waals surface area contributed by atoms with Gasteiger partial charge in [0.25, 0.3) is 0 Å². The first-order valence-corrected chi connectivity index (χ1v) is 7.97. The molecule has 0 saturated carbocycles. The van der Waals surface area contributed by atoms with Gasteiger partial charge in [0.15, 0.2) is 0 Å². The van der Waals surface area contributed by atoms with E-state index in [1.54, 1.807) is 0 Å². The third-order valence-electron chi connectivity index (χ3n) is 3.57. The molecule has 0 spiro atoms. The Bertz CT molecular complexity index is 554. The molecule has 0 aromatic heterocycles. The number of para-hydroxylation sites is 2. The minimum absolute atomic E-state index is 0.0196. The van der Waals surface area contributed by atoms with Crippen LogP contribution in [0.15, 0.2) is 60.7 Å². The number of anilines is 2. The first kappa shape index (κ1) is 16.1. The number of hydrogen-bond acceptors (Lipinski definition) is 2. The van der Waals surface area contributed by atoms with Crippen molar-refractivity contribution in [1.29, 1.82) is 0 Å². The van der Waals surface area contributed by atoms with Gasteiger partial charge in [-0.1, -0.05) is 62.6 Å². The fourth-order valence-corrected chi connectivity index (χ4v) is 2.35. The molecule has 1 unspecified atom stereocenters. The Labute approximate surface area is 132 Å². The Balaban J connectivity index is 2.00. The maximum Gasteiger partial charge on any atom is 0.246 e. The molecule has 3 nitrogen and oxygen atoms in total. The summed E-state index contributed by atoms with van der Waals surface area (Å²) in [7, 11) is 0. The summed E-state index contributed by atoms with van der Waals surface area (Å²) in [6.45, 7) is 2.17. The van der Waals surface area contributed by atoms with Crippen LogP contribution >= 0.6 is 0 Å². The molecule has 0 bridgehead atoms. The lowest BCUT2D eigenvalue weighted by Gasteiger charge is -2.19. The summed E-state index contributed by atoms with van der Waals surface area (Å²) >= 11 is 0. The lowest BCUT2D eigenvalue weighted by molar-refractivity contribution is -0.117. The Morgan fingerprint density at radius 3 is 2.09 bits per heavy atom. The van der Waals surface area contributed by atoms with Crippen LogP contribution in [0, 0.1) is 0 Å². The molecule has 0 saturated heterocycles. The molecule has 2 N–H and O–H groups in total. The highest BCUT2D eigenvalue weighted by Crippen LogP contribution is 2.14. The predicted octanol–water partition coefficient (Wildman–Crippen LogP) is 4.69. The summed E-state index contributed by atoms with van der Waals surface area (Å²) in [6.07, 6.45) is 4.18. The maximum atomic E-state index is 12.5. The summed E-state index contributed by atoms with van der Waals surface area (Å²) in [5.41, 5.74) is 1.81. The van der Waals surface area contributed by atoms with Gasteiger partial charge in [0.1, 0.15) is 6.04 Å². The maximum absolute atomic E-state index is 12.5. The van der Waals surface area contributed by atoms with Gasteiger partial charge in [-0.3, -0.25) is 4.79 Å². The van der Waals surface area contributed by atoms with E-state index in [4.69, 9.17) is 0 Å². The van der Waals surface area contributed by atoms with Crippen LogP contribution in [0.5, 0.6) is 0 Å². The smallest absolute Gasteiger partial charge is 0.246 e. The number of carbonyl (C=O) groups is 1. The van der Waals surface area contributed by atoms with Crippen molar-refractivity contribution >= 4 is 17.3 Å². The molecule has 0 aliphatic carbocycles. The molecular weight excluding hydrogens is 272 g/mol. The lowest BCUT2D eigenvalue weighted by Crippen LogP contribution is -2.34. The second-order valence-corrected chi connectivity index (χ2v) is 5.41. The molecule has 1 amide bonds. The van der Waals surface area contributed by atoms with Crippen molar-refractivity contribution in [3.05, 3.63) is 60.7 Å². The zero-order valence-electron chi connectivity index (χ0n) is 13.1. The molecule has 0 radical (unpaired) electrons. The highest BCUT2D eigenvalue weighted by Gasteiger charge is 2.17. The van der Waals surface area contributed by atoms with Gasteiger partial charge in [0.05, 0.1) is 0 Å². The number of carbonyl (C=O) groups excluding carboxylic acids is 1. The van der Waals surface area contributed by atoms with Gasteiger partial charge in [0.2, 0.25) is 5.91 Å². The van der Waals surface area contributed by atoms with Gasteiger partial charge in [-0.2, -0.15) is 0 Å². The van der Waals surface area contributed by atoms with E-state index in [-0.39, 0.29) is 11.9 Å². The molecule has 2 aromatic carbocycles. The minimum atomic E-state index is -0.214. The third kappa shape index (κ3) is 5.24. The van der Waals surface area contributed by atoms with Crippen LogP contribution in [0.2, 0.25) is 0 Å². The van der Waals surface area contributed by atoms with Crippen molar-refractivity contribution in [2.45, 2.75) is 38.6 Å². The van der Waals surface area contributed by atoms with E-state index in [1.165, 1.54) is 0 Å². The standard InChI is InChI=1S/C19H24N2O/c1-2-3-6-15-18(20-16-11-7-4-8-12-16)19(22)21-17-13-9-5-10-14-17/h4-5,7-14,18,20H,2-3,6,15H2,1H3,(H,21,22). The zero-order valence-corrected chi connectivity index (χ0v) is 13.1. The first-order valence-electron chi connectivity index (χ1n) is 7.97. The van der Waals surface area contributed by atoms with Crippen LogP contribution in [-0.4, -0.2) is 11.9 Å². The van der Waals surface area contributed by atoms with Gasteiger partial charge < -0.3 is 10.6 Å². The number of nitrogens with one attached hydrogen (secondary N) is 2. The molecule has 2 aromatic rings.